The van der Waals surface area contributed by atoms with Gasteiger partial charge in [-0.2, -0.15) is 21.6 Å². The van der Waals surface area contributed by atoms with E-state index < -0.39 is 64.1 Å². The SMILES string of the molecule is Cc1cn([C@@H]2O[C@@](COCc3ccccc3)(COS(=O)(=O)C(F)(F)F)C(OCc3ccccc3)C2O)c(=O)[nH]c1=O. The summed E-state index contributed by atoms with van der Waals surface area (Å²) in [5, 5.41) is 11.3. The highest BCUT2D eigenvalue weighted by atomic mass is 32.2. The topological polar surface area (TPSA) is 146 Å². The number of halogens is 3. The van der Waals surface area contributed by atoms with Crippen molar-refractivity contribution in [3.8, 4) is 0 Å². The number of nitrogens with one attached hydrogen (secondary N) is 1. The molecule has 0 radical (unpaired) electrons. The van der Waals surface area contributed by atoms with Crippen LogP contribution in [0.1, 0.15) is 22.9 Å². The fourth-order valence-electron chi connectivity index (χ4n) is 4.28. The number of ether oxygens (including phenoxy) is 3. The third-order valence-corrected chi connectivity index (χ3v) is 7.36. The van der Waals surface area contributed by atoms with Crippen molar-refractivity contribution in [1.82, 2.24) is 9.55 Å². The van der Waals surface area contributed by atoms with E-state index in [0.29, 0.717) is 11.1 Å². The number of hydrogen-bond donors (Lipinski definition) is 2. The number of aliphatic hydroxyl groups excluding tert-OH is 1. The van der Waals surface area contributed by atoms with Crippen molar-refractivity contribution < 1.29 is 45.1 Å². The number of hydrogen-bond acceptors (Lipinski definition) is 9. The molecule has 3 aromatic rings. The fourth-order valence-corrected chi connectivity index (χ4v) is 4.77. The van der Waals surface area contributed by atoms with E-state index in [1.165, 1.54) is 6.92 Å². The van der Waals surface area contributed by atoms with Gasteiger partial charge in [0, 0.05) is 11.8 Å². The molecule has 2 heterocycles. The summed E-state index contributed by atoms with van der Waals surface area (Å²) >= 11 is 0. The number of benzene rings is 2. The van der Waals surface area contributed by atoms with Crippen LogP contribution in [0.3, 0.4) is 0 Å². The van der Waals surface area contributed by atoms with Gasteiger partial charge in [0.05, 0.1) is 19.8 Å². The predicted octanol–water partition coefficient (Wildman–Crippen LogP) is 2.14. The Labute approximate surface area is 232 Å². The zero-order chi connectivity index (χ0) is 29.8. The third-order valence-electron chi connectivity index (χ3n) is 6.37. The summed E-state index contributed by atoms with van der Waals surface area (Å²) < 4.78 is 86.1. The Morgan fingerprint density at radius 1 is 1.00 bits per heavy atom. The zero-order valence-electron chi connectivity index (χ0n) is 21.6. The molecular formula is C26H27F3N2O9S. The lowest BCUT2D eigenvalue weighted by molar-refractivity contribution is -0.173. The van der Waals surface area contributed by atoms with Gasteiger partial charge in [-0.3, -0.25) is 18.5 Å². The van der Waals surface area contributed by atoms with Crippen LogP contribution < -0.4 is 11.2 Å². The monoisotopic (exact) mass is 600 g/mol. The Bertz CT molecular complexity index is 1550. The summed E-state index contributed by atoms with van der Waals surface area (Å²) in [5.41, 5.74) is -8.25. The van der Waals surface area contributed by atoms with E-state index in [1.807, 2.05) is 0 Å². The van der Waals surface area contributed by atoms with E-state index in [2.05, 4.69) is 9.17 Å². The second-order valence-corrected chi connectivity index (χ2v) is 11.0. The molecule has 0 saturated carbocycles. The molecule has 0 aliphatic carbocycles. The lowest BCUT2D eigenvalue weighted by Crippen LogP contribution is -2.52. The maximum absolute atomic E-state index is 13.2. The van der Waals surface area contributed by atoms with Gasteiger partial charge < -0.3 is 19.3 Å². The molecule has 2 aromatic carbocycles. The van der Waals surface area contributed by atoms with E-state index >= 15 is 0 Å². The van der Waals surface area contributed by atoms with Gasteiger partial charge in [-0.05, 0) is 18.1 Å². The average Bonchev–Trinajstić information content (AvgIpc) is 3.20. The van der Waals surface area contributed by atoms with Crippen LogP contribution in [-0.4, -0.2) is 59.6 Å². The molecule has 1 aliphatic heterocycles. The van der Waals surface area contributed by atoms with Crippen molar-refractivity contribution in [2.45, 2.75) is 49.7 Å². The fraction of sp³-hybridized carbons (Fsp3) is 0.385. The average molecular weight is 601 g/mol. The Morgan fingerprint density at radius 2 is 1.59 bits per heavy atom. The first-order valence-electron chi connectivity index (χ1n) is 12.2. The number of aromatic nitrogens is 2. The van der Waals surface area contributed by atoms with Gasteiger partial charge in [0.25, 0.3) is 5.56 Å². The second-order valence-electron chi connectivity index (χ2n) is 9.40. The minimum atomic E-state index is -6.10. The third kappa shape index (κ3) is 6.94. The van der Waals surface area contributed by atoms with Gasteiger partial charge in [-0.1, -0.05) is 60.7 Å². The molecule has 1 saturated heterocycles. The molecule has 0 spiro atoms. The van der Waals surface area contributed by atoms with Gasteiger partial charge in [0.1, 0.15) is 24.4 Å². The number of rotatable bonds is 11. The molecule has 222 valence electrons. The van der Waals surface area contributed by atoms with Crippen molar-refractivity contribution >= 4 is 10.1 Å². The Morgan fingerprint density at radius 3 is 2.17 bits per heavy atom. The maximum Gasteiger partial charge on any atom is 0.523 e. The molecule has 2 unspecified atom stereocenters. The lowest BCUT2D eigenvalue weighted by Gasteiger charge is -2.34. The second kappa shape index (κ2) is 12.3. The number of aromatic amines is 1. The molecule has 1 fully saturated rings. The number of aryl methyl sites for hydroxylation is 1. The van der Waals surface area contributed by atoms with Crippen LogP contribution in [0.5, 0.6) is 0 Å². The molecule has 41 heavy (non-hydrogen) atoms. The predicted molar refractivity (Wildman–Crippen MR) is 137 cm³/mol. The summed E-state index contributed by atoms with van der Waals surface area (Å²) in [7, 11) is -6.10. The molecule has 4 atom stereocenters. The molecule has 11 nitrogen and oxygen atoms in total. The van der Waals surface area contributed by atoms with Crippen molar-refractivity contribution in [2.75, 3.05) is 13.2 Å². The van der Waals surface area contributed by atoms with E-state index in [4.69, 9.17) is 14.2 Å². The van der Waals surface area contributed by atoms with Gasteiger partial charge in [-0.25, -0.2) is 4.79 Å². The van der Waals surface area contributed by atoms with Gasteiger partial charge in [-0.15, -0.1) is 0 Å². The van der Waals surface area contributed by atoms with E-state index in [-0.39, 0.29) is 18.8 Å². The molecule has 2 N–H and O–H groups in total. The first kappa shape index (κ1) is 30.6. The van der Waals surface area contributed by atoms with Crippen LogP contribution >= 0.6 is 0 Å². The Kier molecular flexibility index (Phi) is 9.16. The van der Waals surface area contributed by atoms with Crippen LogP contribution in [0.4, 0.5) is 13.2 Å². The number of nitrogens with zero attached hydrogens (tertiary/aromatic N) is 1. The number of aliphatic hydroxyl groups is 1. The maximum atomic E-state index is 13.2. The molecule has 0 bridgehead atoms. The smallest absolute Gasteiger partial charge is 0.386 e. The van der Waals surface area contributed by atoms with Crippen molar-refractivity contribution in [2.24, 2.45) is 0 Å². The first-order valence-corrected chi connectivity index (χ1v) is 13.6. The Balaban J connectivity index is 1.73. The van der Waals surface area contributed by atoms with Crippen LogP contribution in [-0.2, 0) is 41.7 Å². The van der Waals surface area contributed by atoms with Crippen LogP contribution in [0, 0.1) is 6.92 Å². The lowest BCUT2D eigenvalue weighted by atomic mass is 9.96. The minimum absolute atomic E-state index is 0.0656. The van der Waals surface area contributed by atoms with Gasteiger partial charge in [0.2, 0.25) is 0 Å². The Hall–Kier alpha value is -3.34. The molecule has 1 aliphatic rings. The van der Waals surface area contributed by atoms with E-state index in [9.17, 15) is 36.3 Å². The molecular weight excluding hydrogens is 573 g/mol. The highest BCUT2D eigenvalue weighted by molar-refractivity contribution is 7.87. The van der Waals surface area contributed by atoms with Crippen LogP contribution in [0.25, 0.3) is 0 Å². The standard InChI is InChI=1S/C26H27F3N2O9S/c1-17-12-31(24(34)30-22(17)33)23-20(32)21(38-14-19-10-6-3-7-11-19)25(40-23,16-39-41(35,36)26(27,28)29)15-37-13-18-8-4-2-5-9-18/h2-12,20-21,23,32H,13-16H2,1H3,(H,30,33,34)/t20?,21?,23-,25+/m1/s1. The van der Waals surface area contributed by atoms with Crippen molar-refractivity contribution in [1.29, 1.82) is 0 Å². The molecule has 1 aromatic heterocycles. The van der Waals surface area contributed by atoms with Crippen LogP contribution in [0.15, 0.2) is 76.4 Å². The van der Waals surface area contributed by atoms with Gasteiger partial charge in [0.15, 0.2) is 6.23 Å². The number of H-pyrrole nitrogens is 1. The summed E-state index contributed by atoms with van der Waals surface area (Å²) in [5.74, 6) is 0. The first-order chi connectivity index (χ1) is 19.3. The summed E-state index contributed by atoms with van der Waals surface area (Å²) in [6.07, 6.45) is -3.85. The summed E-state index contributed by atoms with van der Waals surface area (Å²) in [6.45, 7) is -0.756. The zero-order valence-corrected chi connectivity index (χ0v) is 22.4. The normalized spacial score (nSPS) is 23.1. The minimum Gasteiger partial charge on any atom is -0.386 e. The molecule has 4 rings (SSSR count). The largest absolute Gasteiger partial charge is 0.523 e. The summed E-state index contributed by atoms with van der Waals surface area (Å²) in [6, 6.07) is 17.2. The molecule has 0 amide bonds. The molecule has 15 heteroatoms. The highest BCUT2D eigenvalue weighted by Gasteiger charge is 2.59. The summed E-state index contributed by atoms with van der Waals surface area (Å²) in [4.78, 5) is 26.6. The van der Waals surface area contributed by atoms with E-state index in [0.717, 1.165) is 10.8 Å². The van der Waals surface area contributed by atoms with Crippen molar-refractivity contribution in [3.63, 3.8) is 0 Å². The van der Waals surface area contributed by atoms with Crippen molar-refractivity contribution in [3.05, 3.63) is 104 Å². The van der Waals surface area contributed by atoms with Crippen LogP contribution in [0.2, 0.25) is 0 Å². The highest BCUT2D eigenvalue weighted by Crippen LogP contribution is 2.41. The quantitative estimate of drug-likeness (QED) is 0.250. The number of alkyl halides is 3. The van der Waals surface area contributed by atoms with Gasteiger partial charge >= 0.3 is 21.3 Å². The van der Waals surface area contributed by atoms with E-state index in [1.54, 1.807) is 60.7 Å².